The molecule has 1 heterocycles. The fourth-order valence-corrected chi connectivity index (χ4v) is 2.23. The van der Waals surface area contributed by atoms with Crippen LogP contribution in [0.1, 0.15) is 26.7 Å². The maximum absolute atomic E-state index is 3.62. The summed E-state index contributed by atoms with van der Waals surface area (Å²) in [6.45, 7) is 9.52. The Morgan fingerprint density at radius 2 is 2.07 bits per heavy atom. The minimum absolute atomic E-state index is 0.696. The Bertz CT molecular complexity index is 203. The van der Waals surface area contributed by atoms with Gasteiger partial charge in [-0.05, 0) is 33.7 Å². The first-order valence-corrected chi connectivity index (χ1v) is 6.34. The van der Waals surface area contributed by atoms with Gasteiger partial charge in [0.15, 0.2) is 0 Å². The van der Waals surface area contributed by atoms with E-state index in [-0.39, 0.29) is 0 Å². The van der Waals surface area contributed by atoms with Gasteiger partial charge in [0.25, 0.3) is 0 Å². The molecule has 2 unspecified atom stereocenters. The lowest BCUT2D eigenvalue weighted by molar-refractivity contribution is 0.0772. The largest absolute Gasteiger partial charge is 0.312 e. The molecular weight excluding hydrogens is 186 g/mol. The van der Waals surface area contributed by atoms with E-state index < -0.39 is 0 Å². The second-order valence-corrected chi connectivity index (χ2v) is 5.36. The highest BCUT2D eigenvalue weighted by Gasteiger charge is 2.26. The Morgan fingerprint density at radius 1 is 1.33 bits per heavy atom. The van der Waals surface area contributed by atoms with Crippen molar-refractivity contribution in [2.45, 2.75) is 44.8 Å². The van der Waals surface area contributed by atoms with Crippen LogP contribution in [0.3, 0.4) is 0 Å². The van der Waals surface area contributed by atoms with Gasteiger partial charge in [-0.2, -0.15) is 0 Å². The van der Waals surface area contributed by atoms with Gasteiger partial charge in [-0.1, -0.05) is 0 Å². The molecule has 2 aliphatic rings. The van der Waals surface area contributed by atoms with Crippen LogP contribution in [0.2, 0.25) is 0 Å². The van der Waals surface area contributed by atoms with Gasteiger partial charge in [0, 0.05) is 44.3 Å². The van der Waals surface area contributed by atoms with Crippen LogP contribution < -0.4 is 5.32 Å². The molecule has 0 aromatic carbocycles. The van der Waals surface area contributed by atoms with Gasteiger partial charge in [-0.3, -0.25) is 4.90 Å². The summed E-state index contributed by atoms with van der Waals surface area (Å²) in [4.78, 5) is 5.08. The van der Waals surface area contributed by atoms with Crippen LogP contribution in [0, 0.1) is 0 Å². The van der Waals surface area contributed by atoms with Crippen molar-refractivity contribution in [3.63, 3.8) is 0 Å². The minimum atomic E-state index is 0.696. The zero-order chi connectivity index (χ0) is 10.8. The van der Waals surface area contributed by atoms with Crippen molar-refractivity contribution in [2.24, 2.45) is 0 Å². The lowest BCUT2D eigenvalue weighted by Crippen LogP contribution is -2.54. The molecule has 0 bridgehead atoms. The molecule has 1 saturated heterocycles. The summed E-state index contributed by atoms with van der Waals surface area (Å²) in [5.74, 6) is 0. The number of hydrogen-bond donors (Lipinski definition) is 1. The summed E-state index contributed by atoms with van der Waals surface area (Å²) >= 11 is 0. The first-order valence-electron chi connectivity index (χ1n) is 6.34. The van der Waals surface area contributed by atoms with Crippen LogP contribution in [0.4, 0.5) is 0 Å². The minimum Gasteiger partial charge on any atom is -0.312 e. The molecule has 0 spiro atoms. The van der Waals surface area contributed by atoms with Gasteiger partial charge in [-0.25, -0.2) is 0 Å². The zero-order valence-electron chi connectivity index (χ0n) is 10.4. The second-order valence-electron chi connectivity index (χ2n) is 5.36. The highest BCUT2D eigenvalue weighted by atomic mass is 15.3. The Kier molecular flexibility index (Phi) is 3.65. The molecule has 3 nitrogen and oxygen atoms in total. The average molecular weight is 211 g/mol. The first kappa shape index (κ1) is 11.4. The van der Waals surface area contributed by atoms with Crippen LogP contribution in [-0.4, -0.2) is 61.2 Å². The summed E-state index contributed by atoms with van der Waals surface area (Å²) in [6.07, 6.45) is 2.79. The second kappa shape index (κ2) is 4.81. The number of likely N-dealkylation sites (N-methyl/N-ethyl adjacent to an activating group) is 1. The topological polar surface area (TPSA) is 18.5 Å². The molecule has 88 valence electrons. The van der Waals surface area contributed by atoms with Crippen molar-refractivity contribution in [3.8, 4) is 0 Å². The summed E-state index contributed by atoms with van der Waals surface area (Å²) in [6, 6.07) is 2.25. The van der Waals surface area contributed by atoms with Crippen molar-refractivity contribution in [1.29, 1.82) is 0 Å². The number of piperazine rings is 1. The highest BCUT2D eigenvalue weighted by molar-refractivity contribution is 4.85. The van der Waals surface area contributed by atoms with E-state index in [1.807, 2.05) is 0 Å². The smallest absolute Gasteiger partial charge is 0.0193 e. The van der Waals surface area contributed by atoms with Crippen LogP contribution >= 0.6 is 0 Å². The summed E-state index contributed by atoms with van der Waals surface area (Å²) in [5.41, 5.74) is 0. The highest BCUT2D eigenvalue weighted by Crippen LogP contribution is 2.19. The van der Waals surface area contributed by atoms with Crippen molar-refractivity contribution < 1.29 is 0 Å². The zero-order valence-corrected chi connectivity index (χ0v) is 10.4. The normalized spacial score (nSPS) is 31.8. The monoisotopic (exact) mass is 211 g/mol. The van der Waals surface area contributed by atoms with Crippen LogP contribution in [0.5, 0.6) is 0 Å². The summed E-state index contributed by atoms with van der Waals surface area (Å²) in [7, 11) is 2.23. The number of hydrogen-bond acceptors (Lipinski definition) is 3. The summed E-state index contributed by atoms with van der Waals surface area (Å²) in [5, 5.41) is 3.62. The fraction of sp³-hybridized carbons (Fsp3) is 1.00. The van der Waals surface area contributed by atoms with E-state index in [2.05, 4.69) is 36.0 Å². The van der Waals surface area contributed by atoms with Crippen LogP contribution in [-0.2, 0) is 0 Å². The van der Waals surface area contributed by atoms with Crippen molar-refractivity contribution in [1.82, 2.24) is 15.1 Å². The molecule has 0 amide bonds. The molecule has 3 heteroatoms. The molecule has 0 aromatic heterocycles. The predicted molar refractivity (Wildman–Crippen MR) is 64.2 cm³/mol. The fourth-order valence-electron chi connectivity index (χ4n) is 2.23. The third kappa shape index (κ3) is 3.16. The van der Waals surface area contributed by atoms with Crippen molar-refractivity contribution >= 4 is 0 Å². The maximum atomic E-state index is 3.62. The van der Waals surface area contributed by atoms with Gasteiger partial charge >= 0.3 is 0 Å². The van der Waals surface area contributed by atoms with Gasteiger partial charge in [0.2, 0.25) is 0 Å². The molecule has 2 fully saturated rings. The van der Waals surface area contributed by atoms with E-state index in [9.17, 15) is 0 Å². The molecule has 15 heavy (non-hydrogen) atoms. The Labute approximate surface area is 93.8 Å². The molecule has 1 aliphatic heterocycles. The van der Waals surface area contributed by atoms with E-state index in [1.54, 1.807) is 0 Å². The third-order valence-electron chi connectivity index (χ3n) is 3.89. The SMILES string of the molecule is CC1CN(C(C)CNC2CC2)CCN1C. The van der Waals surface area contributed by atoms with E-state index in [0.717, 1.165) is 6.04 Å². The van der Waals surface area contributed by atoms with Crippen LogP contribution in [0.15, 0.2) is 0 Å². The molecule has 1 saturated carbocycles. The molecule has 0 radical (unpaired) electrons. The number of rotatable bonds is 4. The number of nitrogens with zero attached hydrogens (tertiary/aromatic N) is 2. The maximum Gasteiger partial charge on any atom is 0.0193 e. The lowest BCUT2D eigenvalue weighted by atomic mass is 10.1. The van der Waals surface area contributed by atoms with E-state index in [0.29, 0.717) is 12.1 Å². The van der Waals surface area contributed by atoms with Crippen molar-refractivity contribution in [2.75, 3.05) is 33.2 Å². The standard InChI is InChI=1S/C12H25N3/c1-10(8-13-12-4-5-12)15-7-6-14(3)11(2)9-15/h10-13H,4-9H2,1-3H3. The molecule has 1 aliphatic carbocycles. The average Bonchev–Trinajstić information content (AvgIpc) is 3.02. The molecular formula is C12H25N3. The quantitative estimate of drug-likeness (QED) is 0.741. The molecule has 2 rings (SSSR count). The third-order valence-corrected chi connectivity index (χ3v) is 3.89. The molecule has 1 N–H and O–H groups in total. The Hall–Kier alpha value is -0.120. The Morgan fingerprint density at radius 3 is 2.67 bits per heavy atom. The van der Waals surface area contributed by atoms with E-state index in [4.69, 9.17) is 0 Å². The van der Waals surface area contributed by atoms with Gasteiger partial charge in [-0.15, -0.1) is 0 Å². The Balaban J connectivity index is 1.71. The predicted octanol–water partition coefficient (Wildman–Crippen LogP) is 0.763. The van der Waals surface area contributed by atoms with Gasteiger partial charge in [0.1, 0.15) is 0 Å². The lowest BCUT2D eigenvalue weighted by Gasteiger charge is -2.40. The van der Waals surface area contributed by atoms with E-state index in [1.165, 1.54) is 39.0 Å². The first-order chi connectivity index (χ1) is 7.16. The van der Waals surface area contributed by atoms with Gasteiger partial charge < -0.3 is 10.2 Å². The van der Waals surface area contributed by atoms with Gasteiger partial charge in [0.05, 0.1) is 0 Å². The molecule has 2 atom stereocenters. The summed E-state index contributed by atoms with van der Waals surface area (Å²) < 4.78 is 0. The number of nitrogens with one attached hydrogen (secondary N) is 1. The van der Waals surface area contributed by atoms with Crippen molar-refractivity contribution in [3.05, 3.63) is 0 Å². The van der Waals surface area contributed by atoms with Crippen LogP contribution in [0.25, 0.3) is 0 Å². The van der Waals surface area contributed by atoms with E-state index >= 15 is 0 Å². The molecule has 0 aromatic rings.